The number of hydrogen-bond donors (Lipinski definition) is 1. The molecule has 1 aliphatic rings. The predicted molar refractivity (Wildman–Crippen MR) is 60.0 cm³/mol. The first-order valence-corrected chi connectivity index (χ1v) is 5.21. The first-order chi connectivity index (χ1) is 7.08. The summed E-state index contributed by atoms with van der Waals surface area (Å²) >= 11 is 3.36. The van der Waals surface area contributed by atoms with Gasteiger partial charge in [0.05, 0.1) is 5.57 Å². The molecule has 0 radical (unpaired) electrons. The summed E-state index contributed by atoms with van der Waals surface area (Å²) in [6.45, 7) is 1.94. The van der Waals surface area contributed by atoms with Crippen LogP contribution in [0.4, 0.5) is 0 Å². The van der Waals surface area contributed by atoms with Crippen LogP contribution in [0.3, 0.4) is 0 Å². The largest absolute Gasteiger partial charge is 0.289 e. The van der Waals surface area contributed by atoms with Crippen LogP contribution in [0.2, 0.25) is 0 Å². The van der Waals surface area contributed by atoms with E-state index in [0.717, 1.165) is 15.6 Å². The molecule has 15 heavy (non-hydrogen) atoms. The van der Waals surface area contributed by atoms with Crippen LogP contribution in [0.1, 0.15) is 11.1 Å². The van der Waals surface area contributed by atoms with E-state index >= 15 is 0 Å². The maximum atomic E-state index is 11.4. The van der Waals surface area contributed by atoms with E-state index in [1.165, 1.54) is 6.08 Å². The van der Waals surface area contributed by atoms with Crippen molar-refractivity contribution < 1.29 is 9.59 Å². The van der Waals surface area contributed by atoms with E-state index in [0.29, 0.717) is 5.57 Å². The Bertz CT molecular complexity index is 491. The van der Waals surface area contributed by atoms with Gasteiger partial charge in [-0.3, -0.25) is 14.9 Å². The number of carbonyl (C=O) groups is 2. The molecule has 3 nitrogen and oxygen atoms in total. The Morgan fingerprint density at radius 1 is 1.27 bits per heavy atom. The molecule has 0 spiro atoms. The zero-order chi connectivity index (χ0) is 11.0. The molecule has 0 fully saturated rings. The fourth-order valence-corrected chi connectivity index (χ4v) is 1.92. The fourth-order valence-electron chi connectivity index (χ4n) is 1.46. The van der Waals surface area contributed by atoms with E-state index in [9.17, 15) is 9.59 Å². The Morgan fingerprint density at radius 2 is 2.00 bits per heavy atom. The number of halogens is 1. The highest BCUT2D eigenvalue weighted by molar-refractivity contribution is 9.10. The molecule has 4 heteroatoms. The van der Waals surface area contributed by atoms with Crippen LogP contribution in [0.5, 0.6) is 0 Å². The molecule has 0 unspecified atom stereocenters. The molecule has 0 aromatic heterocycles. The summed E-state index contributed by atoms with van der Waals surface area (Å²) in [5.41, 5.74) is 2.20. The van der Waals surface area contributed by atoms with Crippen molar-refractivity contribution in [2.75, 3.05) is 0 Å². The molecule has 1 aromatic carbocycles. The fraction of sp³-hybridized carbons (Fsp3) is 0.0909. The van der Waals surface area contributed by atoms with Gasteiger partial charge in [0, 0.05) is 16.1 Å². The summed E-state index contributed by atoms with van der Waals surface area (Å²) in [4.78, 5) is 22.4. The number of benzene rings is 1. The van der Waals surface area contributed by atoms with Gasteiger partial charge in [-0.15, -0.1) is 0 Å². The van der Waals surface area contributed by atoms with Crippen LogP contribution >= 0.6 is 15.9 Å². The summed E-state index contributed by atoms with van der Waals surface area (Å²) in [6, 6.07) is 5.67. The third-order valence-corrected chi connectivity index (χ3v) is 2.86. The highest BCUT2D eigenvalue weighted by atomic mass is 79.9. The van der Waals surface area contributed by atoms with Crippen molar-refractivity contribution in [1.29, 1.82) is 0 Å². The Labute approximate surface area is 95.3 Å². The van der Waals surface area contributed by atoms with Crippen LogP contribution in [0.25, 0.3) is 5.57 Å². The molecule has 1 aliphatic heterocycles. The maximum absolute atomic E-state index is 11.4. The van der Waals surface area contributed by atoms with Gasteiger partial charge >= 0.3 is 0 Å². The van der Waals surface area contributed by atoms with Crippen molar-refractivity contribution in [2.45, 2.75) is 6.92 Å². The second-order valence-electron chi connectivity index (χ2n) is 3.36. The lowest BCUT2D eigenvalue weighted by molar-refractivity contribution is -0.123. The number of nitrogens with one attached hydrogen (secondary N) is 1. The van der Waals surface area contributed by atoms with E-state index in [2.05, 4.69) is 21.2 Å². The SMILES string of the molecule is Cc1ccc(Br)c(C2=CC(=O)NC2=O)c1. The van der Waals surface area contributed by atoms with Crippen LogP contribution in [-0.2, 0) is 9.59 Å². The van der Waals surface area contributed by atoms with Gasteiger partial charge in [-0.1, -0.05) is 33.6 Å². The number of hydrogen-bond acceptors (Lipinski definition) is 2. The maximum Gasteiger partial charge on any atom is 0.258 e. The van der Waals surface area contributed by atoms with Crippen LogP contribution < -0.4 is 5.32 Å². The van der Waals surface area contributed by atoms with E-state index in [4.69, 9.17) is 0 Å². The van der Waals surface area contributed by atoms with Crippen molar-refractivity contribution in [2.24, 2.45) is 0 Å². The average molecular weight is 266 g/mol. The zero-order valence-corrected chi connectivity index (χ0v) is 9.59. The van der Waals surface area contributed by atoms with E-state index in [1.54, 1.807) is 0 Å². The predicted octanol–water partition coefficient (Wildman–Crippen LogP) is 1.80. The molecule has 0 aliphatic carbocycles. The molecule has 76 valence electrons. The standard InChI is InChI=1S/C11H8BrNO2/c1-6-2-3-9(12)7(4-6)8-5-10(14)13-11(8)15/h2-5H,1H3,(H,13,14,15). The lowest BCUT2D eigenvalue weighted by Gasteiger charge is -2.04. The monoisotopic (exact) mass is 265 g/mol. The van der Waals surface area contributed by atoms with Gasteiger partial charge < -0.3 is 0 Å². The minimum absolute atomic E-state index is 0.341. The summed E-state index contributed by atoms with van der Waals surface area (Å²) < 4.78 is 0.809. The Balaban J connectivity index is 2.54. The van der Waals surface area contributed by atoms with E-state index in [-0.39, 0.29) is 11.8 Å². The molecule has 0 atom stereocenters. The third kappa shape index (κ3) is 1.85. The van der Waals surface area contributed by atoms with Crippen LogP contribution in [0.15, 0.2) is 28.7 Å². The third-order valence-electron chi connectivity index (χ3n) is 2.17. The average Bonchev–Trinajstić information content (AvgIpc) is 2.50. The zero-order valence-electron chi connectivity index (χ0n) is 8.00. The van der Waals surface area contributed by atoms with Gasteiger partial charge in [0.2, 0.25) is 0 Å². The van der Waals surface area contributed by atoms with Crippen molar-refractivity contribution in [3.63, 3.8) is 0 Å². The second kappa shape index (κ2) is 3.62. The Kier molecular flexibility index (Phi) is 2.44. The highest BCUT2D eigenvalue weighted by Crippen LogP contribution is 2.27. The number of imide groups is 1. The van der Waals surface area contributed by atoms with Crippen molar-refractivity contribution in [1.82, 2.24) is 5.32 Å². The number of carbonyl (C=O) groups excluding carboxylic acids is 2. The van der Waals surface area contributed by atoms with Crippen molar-refractivity contribution in [3.8, 4) is 0 Å². The summed E-state index contributed by atoms with van der Waals surface area (Å²) in [5.74, 6) is -0.699. The quantitative estimate of drug-likeness (QED) is 0.788. The molecule has 1 heterocycles. The molecular formula is C11H8BrNO2. The van der Waals surface area contributed by atoms with Gasteiger partial charge in [0.1, 0.15) is 0 Å². The van der Waals surface area contributed by atoms with Gasteiger partial charge in [-0.25, -0.2) is 0 Å². The Morgan fingerprint density at radius 3 is 2.60 bits per heavy atom. The number of amides is 2. The van der Waals surface area contributed by atoms with Gasteiger partial charge in [-0.05, 0) is 13.0 Å². The second-order valence-corrected chi connectivity index (χ2v) is 4.21. The van der Waals surface area contributed by atoms with Crippen LogP contribution in [-0.4, -0.2) is 11.8 Å². The van der Waals surface area contributed by atoms with Crippen molar-refractivity contribution >= 4 is 33.3 Å². The summed E-state index contributed by atoms with van der Waals surface area (Å²) in [5, 5.41) is 2.22. The summed E-state index contributed by atoms with van der Waals surface area (Å²) in [7, 11) is 0. The molecule has 2 amide bonds. The van der Waals surface area contributed by atoms with E-state index < -0.39 is 0 Å². The topological polar surface area (TPSA) is 46.2 Å². The summed E-state index contributed by atoms with van der Waals surface area (Å²) in [6.07, 6.45) is 1.32. The van der Waals surface area contributed by atoms with Crippen LogP contribution in [0, 0.1) is 6.92 Å². The van der Waals surface area contributed by atoms with E-state index in [1.807, 2.05) is 25.1 Å². The van der Waals surface area contributed by atoms with Gasteiger partial charge in [0.15, 0.2) is 0 Å². The van der Waals surface area contributed by atoms with Gasteiger partial charge in [-0.2, -0.15) is 0 Å². The lowest BCUT2D eigenvalue weighted by atomic mass is 10.0. The molecular weight excluding hydrogens is 258 g/mol. The minimum atomic E-state index is -0.358. The molecule has 0 bridgehead atoms. The lowest BCUT2D eigenvalue weighted by Crippen LogP contribution is -2.21. The first kappa shape index (κ1) is 10.1. The molecule has 1 aromatic rings. The Hall–Kier alpha value is -1.42. The molecule has 0 saturated heterocycles. The first-order valence-electron chi connectivity index (χ1n) is 4.41. The normalized spacial score (nSPS) is 15.2. The highest BCUT2D eigenvalue weighted by Gasteiger charge is 2.23. The van der Waals surface area contributed by atoms with Gasteiger partial charge in [0.25, 0.3) is 11.8 Å². The van der Waals surface area contributed by atoms with Crippen molar-refractivity contribution in [3.05, 3.63) is 39.9 Å². The smallest absolute Gasteiger partial charge is 0.258 e. The number of aryl methyl sites for hydroxylation is 1. The number of rotatable bonds is 1. The molecule has 0 saturated carbocycles. The minimum Gasteiger partial charge on any atom is -0.289 e. The molecule has 2 rings (SSSR count). The molecule has 1 N–H and O–H groups in total.